The standard InChI is InChI=1S/C13H18FNO2/c1-15(8-3-2-4-9-16)13(17)11-6-5-7-12(14)10-11/h5-7,10,16H,2-4,8-9H2,1H3. The predicted molar refractivity (Wildman–Crippen MR) is 64.3 cm³/mol. The average Bonchev–Trinajstić information content (AvgIpc) is 2.33. The van der Waals surface area contributed by atoms with Gasteiger partial charge in [0.2, 0.25) is 0 Å². The molecule has 0 aromatic heterocycles. The first-order valence-corrected chi connectivity index (χ1v) is 5.77. The summed E-state index contributed by atoms with van der Waals surface area (Å²) in [6.45, 7) is 0.802. The van der Waals surface area contributed by atoms with Crippen molar-refractivity contribution in [3.63, 3.8) is 0 Å². The third-order valence-electron chi connectivity index (χ3n) is 2.57. The summed E-state index contributed by atoms with van der Waals surface area (Å²) in [4.78, 5) is 13.4. The van der Waals surface area contributed by atoms with Crippen molar-refractivity contribution < 1.29 is 14.3 Å². The summed E-state index contributed by atoms with van der Waals surface area (Å²) in [6, 6.07) is 5.70. The van der Waals surface area contributed by atoms with Gasteiger partial charge in [-0.1, -0.05) is 6.07 Å². The molecular formula is C13H18FNO2. The van der Waals surface area contributed by atoms with Gasteiger partial charge in [-0.05, 0) is 37.5 Å². The third-order valence-corrected chi connectivity index (χ3v) is 2.57. The zero-order valence-corrected chi connectivity index (χ0v) is 10.0. The molecule has 94 valence electrons. The number of benzene rings is 1. The van der Waals surface area contributed by atoms with E-state index in [0.29, 0.717) is 12.1 Å². The molecule has 0 aliphatic carbocycles. The van der Waals surface area contributed by atoms with Gasteiger partial charge in [-0.2, -0.15) is 0 Å². The molecule has 1 N–H and O–H groups in total. The Hall–Kier alpha value is -1.42. The summed E-state index contributed by atoms with van der Waals surface area (Å²) in [7, 11) is 1.70. The zero-order valence-electron chi connectivity index (χ0n) is 10.0. The van der Waals surface area contributed by atoms with E-state index in [4.69, 9.17) is 5.11 Å². The van der Waals surface area contributed by atoms with Crippen LogP contribution in [-0.4, -0.2) is 36.1 Å². The number of aliphatic hydroxyl groups excluding tert-OH is 1. The van der Waals surface area contributed by atoms with Crippen LogP contribution in [0.25, 0.3) is 0 Å². The lowest BCUT2D eigenvalue weighted by Gasteiger charge is -2.17. The number of rotatable bonds is 6. The van der Waals surface area contributed by atoms with Crippen molar-refractivity contribution in [1.29, 1.82) is 0 Å². The Balaban J connectivity index is 2.46. The molecule has 0 unspecified atom stereocenters. The minimum absolute atomic E-state index is 0.173. The molecule has 17 heavy (non-hydrogen) atoms. The number of halogens is 1. The number of amides is 1. The number of unbranched alkanes of at least 4 members (excludes halogenated alkanes) is 2. The molecule has 1 amide bonds. The minimum Gasteiger partial charge on any atom is -0.396 e. The molecule has 1 aromatic carbocycles. The van der Waals surface area contributed by atoms with E-state index in [2.05, 4.69) is 0 Å². The van der Waals surface area contributed by atoms with Crippen molar-refractivity contribution in [3.05, 3.63) is 35.6 Å². The van der Waals surface area contributed by atoms with Gasteiger partial charge in [0.1, 0.15) is 5.82 Å². The van der Waals surface area contributed by atoms with Crippen LogP contribution in [0, 0.1) is 5.82 Å². The maximum atomic E-state index is 12.9. The number of nitrogens with zero attached hydrogens (tertiary/aromatic N) is 1. The summed E-state index contributed by atoms with van der Waals surface area (Å²) >= 11 is 0. The number of carbonyl (C=O) groups excluding carboxylic acids is 1. The van der Waals surface area contributed by atoms with Crippen LogP contribution in [0.1, 0.15) is 29.6 Å². The summed E-state index contributed by atoms with van der Waals surface area (Å²) in [6.07, 6.45) is 2.48. The van der Waals surface area contributed by atoms with Crippen LogP contribution in [0.2, 0.25) is 0 Å². The number of carbonyl (C=O) groups is 1. The highest BCUT2D eigenvalue weighted by molar-refractivity contribution is 5.94. The third kappa shape index (κ3) is 4.53. The zero-order chi connectivity index (χ0) is 12.7. The lowest BCUT2D eigenvalue weighted by atomic mass is 10.2. The van der Waals surface area contributed by atoms with E-state index >= 15 is 0 Å². The predicted octanol–water partition coefficient (Wildman–Crippen LogP) is 2.06. The Labute approximate surface area is 101 Å². The van der Waals surface area contributed by atoms with Crippen molar-refractivity contribution in [2.24, 2.45) is 0 Å². The molecule has 0 aliphatic rings. The Kier molecular flexibility index (Phi) is 5.63. The van der Waals surface area contributed by atoms with Crippen LogP contribution in [0.3, 0.4) is 0 Å². The number of hydrogen-bond acceptors (Lipinski definition) is 2. The highest BCUT2D eigenvalue weighted by Gasteiger charge is 2.11. The SMILES string of the molecule is CN(CCCCCO)C(=O)c1cccc(F)c1. The van der Waals surface area contributed by atoms with Gasteiger partial charge in [0.05, 0.1) is 0 Å². The first-order valence-electron chi connectivity index (χ1n) is 5.77. The van der Waals surface area contributed by atoms with E-state index in [-0.39, 0.29) is 12.5 Å². The molecule has 0 heterocycles. The molecule has 1 rings (SSSR count). The Morgan fingerprint density at radius 3 is 2.76 bits per heavy atom. The van der Waals surface area contributed by atoms with Crippen LogP contribution in [0.5, 0.6) is 0 Å². The molecule has 1 aromatic rings. The largest absolute Gasteiger partial charge is 0.396 e. The van der Waals surface area contributed by atoms with E-state index in [0.717, 1.165) is 19.3 Å². The van der Waals surface area contributed by atoms with Gasteiger partial charge < -0.3 is 10.0 Å². The normalized spacial score (nSPS) is 10.3. The molecule has 0 saturated heterocycles. The first-order chi connectivity index (χ1) is 8.15. The minimum atomic E-state index is -0.399. The van der Waals surface area contributed by atoms with Crippen LogP contribution >= 0.6 is 0 Å². The second kappa shape index (κ2) is 7.01. The van der Waals surface area contributed by atoms with Gasteiger partial charge >= 0.3 is 0 Å². The van der Waals surface area contributed by atoms with Gasteiger partial charge in [0.15, 0.2) is 0 Å². The summed E-state index contributed by atoms with van der Waals surface area (Å²) < 4.78 is 12.9. The lowest BCUT2D eigenvalue weighted by Crippen LogP contribution is -2.27. The topological polar surface area (TPSA) is 40.5 Å². The van der Waals surface area contributed by atoms with Gasteiger partial charge in [-0.3, -0.25) is 4.79 Å². The maximum absolute atomic E-state index is 12.9. The molecule has 0 fully saturated rings. The molecule has 0 spiro atoms. The van der Waals surface area contributed by atoms with Crippen molar-refractivity contribution in [2.75, 3.05) is 20.2 Å². The Morgan fingerprint density at radius 1 is 1.35 bits per heavy atom. The van der Waals surface area contributed by atoms with E-state index in [1.807, 2.05) is 0 Å². The number of hydrogen-bond donors (Lipinski definition) is 1. The van der Waals surface area contributed by atoms with Crippen LogP contribution in [0.4, 0.5) is 4.39 Å². The van der Waals surface area contributed by atoms with Crippen molar-refractivity contribution in [2.45, 2.75) is 19.3 Å². The van der Waals surface area contributed by atoms with E-state index in [1.54, 1.807) is 18.0 Å². The van der Waals surface area contributed by atoms with Crippen molar-refractivity contribution in [1.82, 2.24) is 4.90 Å². The van der Waals surface area contributed by atoms with Gasteiger partial charge in [-0.25, -0.2) is 4.39 Å². The van der Waals surface area contributed by atoms with Crippen molar-refractivity contribution in [3.8, 4) is 0 Å². The summed E-state index contributed by atoms with van der Waals surface area (Å²) in [5, 5.41) is 8.63. The fourth-order valence-electron chi connectivity index (χ4n) is 1.58. The van der Waals surface area contributed by atoms with Crippen LogP contribution < -0.4 is 0 Å². The fourth-order valence-corrected chi connectivity index (χ4v) is 1.58. The van der Waals surface area contributed by atoms with E-state index < -0.39 is 5.82 Å². The molecule has 0 aliphatic heterocycles. The van der Waals surface area contributed by atoms with Gasteiger partial charge in [-0.15, -0.1) is 0 Å². The van der Waals surface area contributed by atoms with E-state index in [1.165, 1.54) is 18.2 Å². The highest BCUT2D eigenvalue weighted by atomic mass is 19.1. The van der Waals surface area contributed by atoms with Crippen molar-refractivity contribution >= 4 is 5.91 Å². The maximum Gasteiger partial charge on any atom is 0.253 e. The first kappa shape index (κ1) is 13.6. The highest BCUT2D eigenvalue weighted by Crippen LogP contribution is 2.07. The molecule has 0 bridgehead atoms. The molecule has 4 heteroatoms. The Morgan fingerprint density at radius 2 is 2.12 bits per heavy atom. The molecule has 0 radical (unpaired) electrons. The quantitative estimate of drug-likeness (QED) is 0.772. The summed E-state index contributed by atoms with van der Waals surface area (Å²) in [5.74, 6) is -0.571. The van der Waals surface area contributed by atoms with Gasteiger partial charge in [0.25, 0.3) is 5.91 Å². The molecule has 0 atom stereocenters. The number of aliphatic hydroxyl groups is 1. The molecular weight excluding hydrogens is 221 g/mol. The average molecular weight is 239 g/mol. The second-order valence-corrected chi connectivity index (χ2v) is 4.02. The lowest BCUT2D eigenvalue weighted by molar-refractivity contribution is 0.0791. The monoisotopic (exact) mass is 239 g/mol. The van der Waals surface area contributed by atoms with E-state index in [9.17, 15) is 9.18 Å². The van der Waals surface area contributed by atoms with Gasteiger partial charge in [0, 0.05) is 25.8 Å². The van der Waals surface area contributed by atoms with Crippen LogP contribution in [0.15, 0.2) is 24.3 Å². The molecule has 0 saturated carbocycles. The fraction of sp³-hybridized carbons (Fsp3) is 0.462. The second-order valence-electron chi connectivity index (χ2n) is 4.02. The Bertz CT molecular complexity index is 368. The smallest absolute Gasteiger partial charge is 0.253 e. The summed E-state index contributed by atoms with van der Waals surface area (Å²) in [5.41, 5.74) is 0.370. The molecule has 3 nitrogen and oxygen atoms in total. The van der Waals surface area contributed by atoms with Crippen LogP contribution in [-0.2, 0) is 0 Å².